The molecule has 0 aromatic carbocycles. The number of hydrogen-bond donors (Lipinski definition) is 6. The lowest BCUT2D eigenvalue weighted by Gasteiger charge is -2.23. The number of amides is 2. The Morgan fingerprint density at radius 3 is 2.25 bits per heavy atom. The van der Waals surface area contributed by atoms with Gasteiger partial charge in [0.25, 0.3) is 0 Å². The monoisotopic (exact) mass is 435 g/mol. The second-order valence-corrected chi connectivity index (χ2v) is 9.90. The van der Waals surface area contributed by atoms with Crippen molar-refractivity contribution in [3.63, 3.8) is 0 Å². The first-order valence-electron chi connectivity index (χ1n) is 9.47. The molecule has 2 amide bonds. The summed E-state index contributed by atoms with van der Waals surface area (Å²) in [7, 11) is 2.72. The molecule has 9 nitrogen and oxygen atoms in total. The summed E-state index contributed by atoms with van der Waals surface area (Å²) in [5.74, 6) is -0.761. The Bertz CT molecular complexity index is 526. The third kappa shape index (κ3) is 11.1. The lowest BCUT2D eigenvalue weighted by molar-refractivity contribution is -0.140. The summed E-state index contributed by atoms with van der Waals surface area (Å²) in [5, 5.41) is 14.4. The number of carbonyl (C=O) groups is 3. The van der Waals surface area contributed by atoms with Crippen molar-refractivity contribution in [3.8, 4) is 0 Å². The maximum atomic E-state index is 12.2. The number of carboxylic acid groups (broad SMARTS) is 1. The molecule has 5 unspecified atom stereocenters. The molecule has 0 aromatic rings. The van der Waals surface area contributed by atoms with Crippen LogP contribution in [0.3, 0.4) is 0 Å². The molecule has 1 saturated carbocycles. The minimum absolute atomic E-state index is 0.00620. The van der Waals surface area contributed by atoms with E-state index >= 15 is 0 Å². The molecule has 0 heterocycles. The average Bonchev–Trinajstić information content (AvgIpc) is 2.62. The number of hydrogen-bond acceptors (Lipinski definition) is 8. The predicted octanol–water partition coefficient (Wildman–Crippen LogP) is -0.222. The maximum absolute atomic E-state index is 12.2. The van der Waals surface area contributed by atoms with Crippen LogP contribution in [0.5, 0.6) is 0 Å². The van der Waals surface area contributed by atoms with Crippen LogP contribution in [0.15, 0.2) is 0 Å². The van der Waals surface area contributed by atoms with Crippen LogP contribution in [-0.2, 0) is 14.4 Å². The lowest BCUT2D eigenvalue weighted by atomic mass is 9.99. The fourth-order valence-corrected chi connectivity index (χ4v) is 5.27. The van der Waals surface area contributed by atoms with E-state index in [4.69, 9.17) is 22.3 Å². The number of nitrogens with two attached hydrogens (primary N) is 3. The van der Waals surface area contributed by atoms with Gasteiger partial charge in [-0.3, -0.25) is 9.59 Å². The van der Waals surface area contributed by atoms with Gasteiger partial charge in [0.15, 0.2) is 0 Å². The molecule has 1 rings (SSSR count). The van der Waals surface area contributed by atoms with Crippen LogP contribution in [0.2, 0.25) is 0 Å². The fraction of sp³-hybridized carbons (Fsp3) is 0.824. The molecule has 9 N–H and O–H groups in total. The molecule has 0 aromatic heterocycles. The Labute approximate surface area is 174 Å². The first kappa shape index (κ1) is 25.0. The summed E-state index contributed by atoms with van der Waals surface area (Å²) in [5.41, 5.74) is 18.3. The molecule has 0 bridgehead atoms. The molecule has 28 heavy (non-hydrogen) atoms. The van der Waals surface area contributed by atoms with E-state index in [1.165, 1.54) is 28.5 Å². The van der Waals surface area contributed by atoms with Crippen LogP contribution >= 0.6 is 21.6 Å². The third-order valence-corrected chi connectivity index (χ3v) is 6.87. The summed E-state index contributed by atoms with van der Waals surface area (Å²) < 4.78 is 0. The van der Waals surface area contributed by atoms with Crippen LogP contribution in [0.25, 0.3) is 0 Å². The molecule has 1 aliphatic rings. The highest BCUT2D eigenvalue weighted by Crippen LogP contribution is 2.23. The van der Waals surface area contributed by atoms with Gasteiger partial charge >= 0.3 is 5.97 Å². The molecule has 0 spiro atoms. The van der Waals surface area contributed by atoms with Gasteiger partial charge in [-0.25, -0.2) is 4.79 Å². The highest BCUT2D eigenvalue weighted by molar-refractivity contribution is 8.76. The van der Waals surface area contributed by atoms with Crippen molar-refractivity contribution < 1.29 is 19.5 Å². The zero-order chi connectivity index (χ0) is 21.1. The smallest absolute Gasteiger partial charge is 0.327 e. The summed E-state index contributed by atoms with van der Waals surface area (Å²) in [4.78, 5) is 34.3. The van der Waals surface area contributed by atoms with Crippen molar-refractivity contribution in [3.05, 3.63) is 0 Å². The van der Waals surface area contributed by atoms with Crippen LogP contribution < -0.4 is 27.8 Å². The van der Waals surface area contributed by atoms with Gasteiger partial charge in [0, 0.05) is 49.0 Å². The highest BCUT2D eigenvalue weighted by atomic mass is 33.1. The zero-order valence-electron chi connectivity index (χ0n) is 16.3. The number of carbonyl (C=O) groups excluding carboxylic acids is 2. The SMILES string of the molecule is CC(=O)NC(CSSCCC(=O)NC1CC(N)CCC(N)CC(N)C1)C(=O)O. The minimum Gasteiger partial charge on any atom is -0.480 e. The number of carboxylic acids is 1. The van der Waals surface area contributed by atoms with Gasteiger partial charge in [0.05, 0.1) is 0 Å². The average molecular weight is 436 g/mol. The molecule has 0 saturated heterocycles. The number of aliphatic carboxylic acids is 1. The highest BCUT2D eigenvalue weighted by Gasteiger charge is 2.23. The zero-order valence-corrected chi connectivity index (χ0v) is 17.9. The van der Waals surface area contributed by atoms with Crippen molar-refractivity contribution in [2.24, 2.45) is 17.2 Å². The normalized spacial score (nSPS) is 27.0. The lowest BCUT2D eigenvalue weighted by Crippen LogP contribution is -2.42. The van der Waals surface area contributed by atoms with E-state index in [1.807, 2.05) is 0 Å². The second kappa shape index (κ2) is 13.3. The van der Waals surface area contributed by atoms with Crippen LogP contribution in [0, 0.1) is 0 Å². The van der Waals surface area contributed by atoms with Crippen LogP contribution in [0.4, 0.5) is 0 Å². The predicted molar refractivity (Wildman–Crippen MR) is 114 cm³/mol. The van der Waals surface area contributed by atoms with E-state index in [2.05, 4.69) is 10.6 Å². The van der Waals surface area contributed by atoms with Crippen molar-refractivity contribution in [1.29, 1.82) is 0 Å². The van der Waals surface area contributed by atoms with E-state index < -0.39 is 12.0 Å². The topological polar surface area (TPSA) is 174 Å². The van der Waals surface area contributed by atoms with Gasteiger partial charge in [0.2, 0.25) is 11.8 Å². The number of nitrogens with one attached hydrogen (secondary N) is 2. The summed E-state index contributed by atoms with van der Waals surface area (Å²) in [6.45, 7) is 1.28. The van der Waals surface area contributed by atoms with E-state index in [-0.39, 0.29) is 41.7 Å². The molecule has 5 atom stereocenters. The first-order valence-corrected chi connectivity index (χ1v) is 12.0. The van der Waals surface area contributed by atoms with Crippen LogP contribution in [-0.4, -0.2) is 64.6 Å². The molecular formula is C17H33N5O4S2. The van der Waals surface area contributed by atoms with Crippen LogP contribution in [0.1, 0.15) is 45.4 Å². The summed E-state index contributed by atoms with van der Waals surface area (Å²) in [6.07, 6.45) is 4.06. The van der Waals surface area contributed by atoms with Gasteiger partial charge < -0.3 is 32.9 Å². The van der Waals surface area contributed by atoms with E-state index in [0.29, 0.717) is 25.0 Å². The Kier molecular flexibility index (Phi) is 11.8. The molecular weight excluding hydrogens is 402 g/mol. The standard InChI is InChI=1S/C17H33N5O4S2/c1-10(23)21-15(17(25)26)9-28-27-5-4-16(24)22-14-7-12(19)3-2-11(18)6-13(20)8-14/h11-15H,2-9,18-20H2,1H3,(H,21,23)(H,22,24)(H,25,26). The minimum atomic E-state index is -1.08. The van der Waals surface area contributed by atoms with Crippen molar-refractivity contribution in [2.75, 3.05) is 11.5 Å². The second-order valence-electron chi connectivity index (χ2n) is 7.28. The first-order chi connectivity index (χ1) is 13.2. The van der Waals surface area contributed by atoms with E-state index in [1.54, 1.807) is 0 Å². The van der Waals surface area contributed by atoms with Crippen molar-refractivity contribution in [1.82, 2.24) is 10.6 Å². The largest absolute Gasteiger partial charge is 0.480 e. The maximum Gasteiger partial charge on any atom is 0.327 e. The summed E-state index contributed by atoms with van der Waals surface area (Å²) in [6, 6.07) is -1.00. The Balaban J connectivity index is 2.32. The third-order valence-electron chi connectivity index (χ3n) is 4.46. The molecule has 1 fully saturated rings. The number of rotatable bonds is 9. The fourth-order valence-electron chi connectivity index (χ4n) is 3.12. The Morgan fingerprint density at radius 1 is 1.04 bits per heavy atom. The van der Waals surface area contributed by atoms with Gasteiger partial charge in [-0.2, -0.15) is 0 Å². The van der Waals surface area contributed by atoms with Gasteiger partial charge in [0.1, 0.15) is 6.04 Å². The Morgan fingerprint density at radius 2 is 1.64 bits per heavy atom. The molecule has 162 valence electrons. The molecule has 0 radical (unpaired) electrons. The summed E-state index contributed by atoms with van der Waals surface area (Å²) >= 11 is 0. The molecule has 0 aliphatic heterocycles. The quantitative estimate of drug-likeness (QED) is 0.211. The van der Waals surface area contributed by atoms with Crippen molar-refractivity contribution >= 4 is 39.4 Å². The van der Waals surface area contributed by atoms with Gasteiger partial charge in [-0.1, -0.05) is 21.6 Å². The molecule has 11 heteroatoms. The van der Waals surface area contributed by atoms with Gasteiger partial charge in [-0.05, 0) is 32.1 Å². The van der Waals surface area contributed by atoms with Gasteiger partial charge in [-0.15, -0.1) is 0 Å². The van der Waals surface area contributed by atoms with E-state index in [0.717, 1.165) is 19.3 Å². The van der Waals surface area contributed by atoms with Crippen molar-refractivity contribution in [2.45, 2.75) is 75.7 Å². The van der Waals surface area contributed by atoms with E-state index in [9.17, 15) is 14.4 Å². The molecule has 1 aliphatic carbocycles. The Hall–Kier alpha value is -1.01.